The van der Waals surface area contributed by atoms with Crippen molar-refractivity contribution in [1.82, 2.24) is 24.7 Å². The molecule has 168 valence electrons. The summed E-state index contributed by atoms with van der Waals surface area (Å²) in [7, 11) is 2.06. The van der Waals surface area contributed by atoms with Gasteiger partial charge in [-0.25, -0.2) is 14.4 Å². The van der Waals surface area contributed by atoms with Crippen LogP contribution in [0, 0.1) is 16.6 Å². The second-order valence-corrected chi connectivity index (χ2v) is 10.3. The van der Waals surface area contributed by atoms with Crippen LogP contribution in [-0.4, -0.2) is 42.9 Å². The Bertz CT molecular complexity index is 1100. The summed E-state index contributed by atoms with van der Waals surface area (Å²) in [5.41, 5.74) is 1.18. The van der Waals surface area contributed by atoms with Gasteiger partial charge in [0.1, 0.15) is 11.6 Å². The molecule has 0 saturated heterocycles. The Hall–Kier alpha value is -3.03. The molecule has 2 heterocycles. The topological polar surface area (TPSA) is 80.0 Å². The maximum Gasteiger partial charge on any atom is 0.185 e. The van der Waals surface area contributed by atoms with Gasteiger partial charge in [0, 0.05) is 31.5 Å². The van der Waals surface area contributed by atoms with Crippen LogP contribution in [0.25, 0.3) is 17.1 Å². The molecule has 0 aliphatic heterocycles. The molecule has 5 rings (SSSR count). The summed E-state index contributed by atoms with van der Waals surface area (Å²) in [5.74, 6) is 0.269. The standard InChI is InChI=1S/C24H29FN6O/c1-23-5-4-6-24(2,14-23)12-16(11-23)30(3)21-13-27-22(29-28-21)17-9-18(25)19(10-20(17)32)31-8-7-26-15-31/h7-10,13,15-16,32H,4-6,11-12,14H2,1-3H3/t16?,23-,24+. The lowest BCUT2D eigenvalue weighted by Crippen LogP contribution is -2.49. The summed E-state index contributed by atoms with van der Waals surface area (Å²) in [5, 5.41) is 19.1. The number of hydrogen-bond acceptors (Lipinski definition) is 6. The zero-order valence-electron chi connectivity index (χ0n) is 18.8. The molecule has 2 aliphatic carbocycles. The average Bonchev–Trinajstić information content (AvgIpc) is 3.28. The van der Waals surface area contributed by atoms with Crippen LogP contribution in [0.4, 0.5) is 10.2 Å². The minimum atomic E-state index is -0.504. The lowest BCUT2D eigenvalue weighted by Gasteiger charge is -2.54. The van der Waals surface area contributed by atoms with Crippen molar-refractivity contribution >= 4 is 5.82 Å². The molecule has 3 aromatic rings. The third-order valence-electron chi connectivity index (χ3n) is 7.42. The number of rotatable bonds is 4. The number of phenolic OH excluding ortho intramolecular Hbond substituents is 1. The van der Waals surface area contributed by atoms with Crippen molar-refractivity contribution in [2.75, 3.05) is 11.9 Å². The van der Waals surface area contributed by atoms with Crippen LogP contribution in [0.15, 0.2) is 37.1 Å². The van der Waals surface area contributed by atoms with E-state index in [2.05, 4.69) is 46.0 Å². The summed E-state index contributed by atoms with van der Waals surface area (Å²) < 4.78 is 16.2. The van der Waals surface area contributed by atoms with Gasteiger partial charge < -0.3 is 14.6 Å². The molecular weight excluding hydrogens is 407 g/mol. The number of fused-ring (bicyclic) bond motifs is 2. The SMILES string of the molecule is CN(c1cnc(-c2cc(F)c(-n3ccnc3)cc2O)nn1)C1C[C@]2(C)CCC[C@](C)(C1)C2. The zero-order valence-corrected chi connectivity index (χ0v) is 18.8. The Morgan fingerprint density at radius 2 is 1.91 bits per heavy atom. The number of nitrogens with zero attached hydrogens (tertiary/aromatic N) is 6. The van der Waals surface area contributed by atoms with E-state index in [0.717, 1.165) is 12.8 Å². The van der Waals surface area contributed by atoms with Gasteiger partial charge in [0.15, 0.2) is 11.6 Å². The Balaban J connectivity index is 1.38. The van der Waals surface area contributed by atoms with Crippen LogP contribution >= 0.6 is 0 Å². The van der Waals surface area contributed by atoms with Crippen LogP contribution < -0.4 is 4.90 Å². The van der Waals surface area contributed by atoms with Crippen LogP contribution in [0.1, 0.15) is 52.4 Å². The predicted molar refractivity (Wildman–Crippen MR) is 120 cm³/mol. The van der Waals surface area contributed by atoms with Crippen molar-refractivity contribution in [3.63, 3.8) is 0 Å². The molecule has 7 nitrogen and oxygen atoms in total. The lowest BCUT2D eigenvalue weighted by atomic mass is 9.55. The van der Waals surface area contributed by atoms with Gasteiger partial charge in [-0.15, -0.1) is 10.2 Å². The van der Waals surface area contributed by atoms with E-state index in [1.807, 2.05) is 0 Å². The van der Waals surface area contributed by atoms with E-state index in [1.54, 1.807) is 18.6 Å². The molecule has 1 N–H and O–H groups in total. The third kappa shape index (κ3) is 3.72. The normalized spacial score (nSPS) is 27.3. The van der Waals surface area contributed by atoms with E-state index in [0.29, 0.717) is 22.7 Å². The highest BCUT2D eigenvalue weighted by Gasteiger charge is 2.47. The second-order valence-electron chi connectivity index (χ2n) is 10.3. The number of anilines is 1. The van der Waals surface area contributed by atoms with Crippen molar-refractivity contribution in [3.05, 3.63) is 42.9 Å². The molecule has 1 unspecified atom stereocenters. The summed E-state index contributed by atoms with van der Waals surface area (Å²) in [6.07, 6.45) is 13.8. The molecule has 1 aromatic carbocycles. The molecule has 0 amide bonds. The van der Waals surface area contributed by atoms with Crippen molar-refractivity contribution < 1.29 is 9.50 Å². The summed E-state index contributed by atoms with van der Waals surface area (Å²) in [6, 6.07) is 2.97. The first-order valence-electron chi connectivity index (χ1n) is 11.2. The van der Waals surface area contributed by atoms with Crippen LogP contribution in [-0.2, 0) is 0 Å². The molecule has 0 spiro atoms. The van der Waals surface area contributed by atoms with Crippen LogP contribution in [0.5, 0.6) is 5.75 Å². The second kappa shape index (κ2) is 7.53. The van der Waals surface area contributed by atoms with Crippen LogP contribution in [0.3, 0.4) is 0 Å². The molecule has 3 atom stereocenters. The van der Waals surface area contributed by atoms with Crippen molar-refractivity contribution in [1.29, 1.82) is 0 Å². The first-order valence-corrected chi connectivity index (χ1v) is 11.2. The molecule has 8 heteroatoms. The summed E-state index contributed by atoms with van der Waals surface area (Å²) in [6.45, 7) is 4.84. The fourth-order valence-electron chi connectivity index (χ4n) is 6.05. The van der Waals surface area contributed by atoms with E-state index in [9.17, 15) is 9.50 Å². The molecule has 2 aliphatic rings. The number of benzene rings is 1. The van der Waals surface area contributed by atoms with Gasteiger partial charge in [-0.2, -0.15) is 0 Å². The largest absolute Gasteiger partial charge is 0.507 e. The highest BCUT2D eigenvalue weighted by molar-refractivity contribution is 5.66. The van der Waals surface area contributed by atoms with Crippen molar-refractivity contribution in [3.8, 4) is 22.8 Å². The third-order valence-corrected chi connectivity index (χ3v) is 7.42. The molecule has 0 radical (unpaired) electrons. The Morgan fingerprint density at radius 3 is 2.53 bits per heavy atom. The van der Waals surface area contributed by atoms with E-state index in [-0.39, 0.29) is 22.8 Å². The van der Waals surface area contributed by atoms with E-state index in [1.165, 1.54) is 48.7 Å². The maximum absolute atomic E-state index is 14.7. The highest BCUT2D eigenvalue weighted by atomic mass is 19.1. The minimum Gasteiger partial charge on any atom is -0.507 e. The fourth-order valence-corrected chi connectivity index (χ4v) is 6.05. The number of phenols is 1. The molecule has 2 bridgehead atoms. The predicted octanol–water partition coefficient (Wildman–Crippen LogP) is 4.75. The molecule has 32 heavy (non-hydrogen) atoms. The molecule has 2 saturated carbocycles. The zero-order chi connectivity index (χ0) is 22.5. The molecule has 2 aromatic heterocycles. The van der Waals surface area contributed by atoms with Gasteiger partial charge in [-0.1, -0.05) is 20.3 Å². The van der Waals surface area contributed by atoms with Crippen LogP contribution in [0.2, 0.25) is 0 Å². The average molecular weight is 437 g/mol. The monoisotopic (exact) mass is 436 g/mol. The summed E-state index contributed by atoms with van der Waals surface area (Å²) in [4.78, 5) is 10.5. The van der Waals surface area contributed by atoms with E-state index < -0.39 is 5.82 Å². The minimum absolute atomic E-state index is 0.112. The number of aromatic nitrogens is 5. The molecule has 2 fully saturated rings. The van der Waals surface area contributed by atoms with Gasteiger partial charge in [-0.05, 0) is 49.0 Å². The van der Waals surface area contributed by atoms with E-state index >= 15 is 0 Å². The van der Waals surface area contributed by atoms with E-state index in [4.69, 9.17) is 0 Å². The fraction of sp³-hybridized carbons (Fsp3) is 0.500. The number of hydrogen-bond donors (Lipinski definition) is 1. The Labute approximate surface area is 187 Å². The van der Waals surface area contributed by atoms with Crippen molar-refractivity contribution in [2.24, 2.45) is 10.8 Å². The molecular formula is C24H29FN6O. The Kier molecular flexibility index (Phi) is 4.91. The first kappa shape index (κ1) is 20.8. The van der Waals surface area contributed by atoms with Gasteiger partial charge >= 0.3 is 0 Å². The number of imidazole rings is 1. The number of halogens is 1. The Morgan fingerprint density at radius 1 is 1.16 bits per heavy atom. The summed E-state index contributed by atoms with van der Waals surface area (Å²) >= 11 is 0. The number of aromatic hydroxyl groups is 1. The quantitative estimate of drug-likeness (QED) is 0.636. The highest BCUT2D eigenvalue weighted by Crippen LogP contribution is 2.56. The van der Waals surface area contributed by atoms with Gasteiger partial charge in [0.2, 0.25) is 0 Å². The smallest absolute Gasteiger partial charge is 0.185 e. The maximum atomic E-state index is 14.7. The van der Waals surface area contributed by atoms with Gasteiger partial charge in [0.25, 0.3) is 0 Å². The lowest BCUT2D eigenvalue weighted by molar-refractivity contribution is 0.0141. The van der Waals surface area contributed by atoms with Gasteiger partial charge in [-0.3, -0.25) is 0 Å². The van der Waals surface area contributed by atoms with Crippen molar-refractivity contribution in [2.45, 2.75) is 58.4 Å². The van der Waals surface area contributed by atoms with Gasteiger partial charge in [0.05, 0.1) is 23.8 Å². The first-order chi connectivity index (χ1) is 15.3.